The highest BCUT2D eigenvalue weighted by atomic mass is 32.1. The van der Waals surface area contributed by atoms with E-state index >= 15 is 0 Å². The molecule has 1 aromatic rings. The maximum absolute atomic E-state index is 4.48. The van der Waals surface area contributed by atoms with E-state index in [1.807, 2.05) is 18.4 Å². The van der Waals surface area contributed by atoms with Crippen molar-refractivity contribution in [2.45, 2.75) is 32.1 Å². The SMILES string of the molecule is CN=C(NCCc1cccs1)N1CC2CCCCC2C1. The number of aliphatic imine (C=N–C) groups is 1. The van der Waals surface area contributed by atoms with Crippen molar-refractivity contribution in [2.24, 2.45) is 16.8 Å². The molecule has 1 aliphatic heterocycles. The zero-order chi connectivity index (χ0) is 13.8. The van der Waals surface area contributed by atoms with Crippen LogP contribution in [0.2, 0.25) is 0 Å². The van der Waals surface area contributed by atoms with Crippen molar-refractivity contribution in [3.8, 4) is 0 Å². The fraction of sp³-hybridized carbons (Fsp3) is 0.688. The van der Waals surface area contributed by atoms with Crippen LogP contribution < -0.4 is 5.32 Å². The fourth-order valence-corrected chi connectivity index (χ4v) is 4.37. The highest BCUT2D eigenvalue weighted by Crippen LogP contribution is 2.35. The van der Waals surface area contributed by atoms with Gasteiger partial charge in [-0.2, -0.15) is 0 Å². The monoisotopic (exact) mass is 291 g/mol. The van der Waals surface area contributed by atoms with Gasteiger partial charge in [-0.05, 0) is 42.5 Å². The van der Waals surface area contributed by atoms with E-state index in [0.717, 1.165) is 30.8 Å². The van der Waals surface area contributed by atoms with Crippen LogP contribution in [0.3, 0.4) is 0 Å². The molecule has 1 aromatic heterocycles. The maximum Gasteiger partial charge on any atom is 0.193 e. The lowest BCUT2D eigenvalue weighted by molar-refractivity contribution is 0.299. The second-order valence-electron chi connectivity index (χ2n) is 6.01. The minimum Gasteiger partial charge on any atom is -0.356 e. The quantitative estimate of drug-likeness (QED) is 0.685. The van der Waals surface area contributed by atoms with E-state index < -0.39 is 0 Å². The molecule has 0 radical (unpaired) electrons. The predicted octanol–water partition coefficient (Wildman–Crippen LogP) is 2.99. The second-order valence-corrected chi connectivity index (χ2v) is 7.05. The number of nitrogens with one attached hydrogen (secondary N) is 1. The summed E-state index contributed by atoms with van der Waals surface area (Å²) < 4.78 is 0. The first-order valence-electron chi connectivity index (χ1n) is 7.85. The van der Waals surface area contributed by atoms with Crippen LogP contribution in [0, 0.1) is 11.8 Å². The van der Waals surface area contributed by atoms with E-state index in [-0.39, 0.29) is 0 Å². The molecule has 3 nitrogen and oxygen atoms in total. The largest absolute Gasteiger partial charge is 0.356 e. The first-order chi connectivity index (χ1) is 9.86. The first-order valence-corrected chi connectivity index (χ1v) is 8.73. The Morgan fingerprint density at radius 3 is 2.70 bits per heavy atom. The smallest absolute Gasteiger partial charge is 0.193 e. The van der Waals surface area contributed by atoms with Crippen molar-refractivity contribution in [3.63, 3.8) is 0 Å². The third-order valence-corrected chi connectivity index (χ3v) is 5.66. The number of nitrogens with zero attached hydrogens (tertiary/aromatic N) is 2. The normalized spacial score (nSPS) is 26.6. The Hall–Kier alpha value is -1.03. The van der Waals surface area contributed by atoms with Crippen LogP contribution in [0.15, 0.2) is 22.5 Å². The topological polar surface area (TPSA) is 27.6 Å². The summed E-state index contributed by atoms with van der Waals surface area (Å²) in [5.74, 6) is 2.94. The van der Waals surface area contributed by atoms with E-state index in [9.17, 15) is 0 Å². The second kappa shape index (κ2) is 6.61. The maximum atomic E-state index is 4.48. The molecule has 4 heteroatoms. The van der Waals surface area contributed by atoms with Crippen LogP contribution in [0.5, 0.6) is 0 Å². The van der Waals surface area contributed by atoms with Gasteiger partial charge in [0.1, 0.15) is 0 Å². The Bertz CT molecular complexity index is 427. The van der Waals surface area contributed by atoms with Gasteiger partial charge in [0, 0.05) is 31.6 Å². The van der Waals surface area contributed by atoms with Crippen molar-refractivity contribution in [1.29, 1.82) is 0 Å². The molecule has 2 atom stereocenters. The van der Waals surface area contributed by atoms with E-state index in [2.05, 4.69) is 32.7 Å². The molecule has 1 aliphatic carbocycles. The van der Waals surface area contributed by atoms with E-state index in [1.165, 1.54) is 43.6 Å². The van der Waals surface area contributed by atoms with Gasteiger partial charge in [0.25, 0.3) is 0 Å². The minimum absolute atomic E-state index is 0.916. The van der Waals surface area contributed by atoms with Crippen molar-refractivity contribution in [1.82, 2.24) is 10.2 Å². The third-order valence-electron chi connectivity index (χ3n) is 4.72. The minimum atomic E-state index is 0.916. The van der Waals surface area contributed by atoms with Gasteiger partial charge in [0.2, 0.25) is 0 Å². The molecule has 20 heavy (non-hydrogen) atoms. The van der Waals surface area contributed by atoms with Crippen LogP contribution in [-0.4, -0.2) is 37.5 Å². The van der Waals surface area contributed by atoms with Crippen molar-refractivity contribution in [3.05, 3.63) is 22.4 Å². The molecule has 110 valence electrons. The third kappa shape index (κ3) is 3.17. The zero-order valence-electron chi connectivity index (χ0n) is 12.3. The highest BCUT2D eigenvalue weighted by Gasteiger charge is 2.35. The van der Waals surface area contributed by atoms with Crippen LogP contribution in [0.4, 0.5) is 0 Å². The molecule has 1 N–H and O–H groups in total. The van der Waals surface area contributed by atoms with Crippen molar-refractivity contribution in [2.75, 3.05) is 26.7 Å². The van der Waals surface area contributed by atoms with Gasteiger partial charge in [0.05, 0.1) is 0 Å². The molecule has 1 saturated heterocycles. The fourth-order valence-electron chi connectivity index (χ4n) is 3.66. The molecule has 2 unspecified atom stereocenters. The summed E-state index contributed by atoms with van der Waals surface area (Å²) in [5.41, 5.74) is 0. The molecule has 2 fully saturated rings. The first kappa shape index (κ1) is 13.9. The Morgan fingerprint density at radius 2 is 2.10 bits per heavy atom. The molecule has 0 spiro atoms. The van der Waals surface area contributed by atoms with Gasteiger partial charge in [-0.15, -0.1) is 11.3 Å². The number of fused-ring (bicyclic) bond motifs is 1. The van der Waals surface area contributed by atoms with Crippen molar-refractivity contribution < 1.29 is 0 Å². The molecule has 0 amide bonds. The molecular formula is C16H25N3S. The number of rotatable bonds is 3. The summed E-state index contributed by atoms with van der Waals surface area (Å²) in [6.45, 7) is 3.41. The molecule has 0 bridgehead atoms. The van der Waals surface area contributed by atoms with E-state index in [0.29, 0.717) is 0 Å². The molecule has 1 saturated carbocycles. The lowest BCUT2D eigenvalue weighted by atomic mass is 9.82. The summed E-state index contributed by atoms with van der Waals surface area (Å²) in [6, 6.07) is 4.33. The summed E-state index contributed by atoms with van der Waals surface area (Å²) >= 11 is 1.84. The summed E-state index contributed by atoms with van der Waals surface area (Å²) in [4.78, 5) is 8.41. The van der Waals surface area contributed by atoms with Gasteiger partial charge in [0.15, 0.2) is 5.96 Å². The lowest BCUT2D eigenvalue weighted by Crippen LogP contribution is -2.41. The number of hydrogen-bond acceptors (Lipinski definition) is 2. The highest BCUT2D eigenvalue weighted by molar-refractivity contribution is 7.09. The summed E-state index contributed by atoms with van der Waals surface area (Å²) in [7, 11) is 1.91. The number of hydrogen-bond donors (Lipinski definition) is 1. The predicted molar refractivity (Wildman–Crippen MR) is 86.4 cm³/mol. The Kier molecular flexibility index (Phi) is 4.61. The number of likely N-dealkylation sites (tertiary alicyclic amines) is 1. The summed E-state index contributed by atoms with van der Waals surface area (Å²) in [6.07, 6.45) is 6.80. The average molecular weight is 291 g/mol. The summed E-state index contributed by atoms with van der Waals surface area (Å²) in [5, 5.41) is 5.69. The number of guanidine groups is 1. The van der Waals surface area contributed by atoms with Crippen LogP contribution in [-0.2, 0) is 6.42 Å². The van der Waals surface area contributed by atoms with Crippen LogP contribution >= 0.6 is 11.3 Å². The van der Waals surface area contributed by atoms with Crippen molar-refractivity contribution >= 4 is 17.3 Å². The Morgan fingerprint density at radius 1 is 1.35 bits per heavy atom. The average Bonchev–Trinajstić information content (AvgIpc) is 3.12. The zero-order valence-corrected chi connectivity index (χ0v) is 13.2. The van der Waals surface area contributed by atoms with Crippen LogP contribution in [0.25, 0.3) is 0 Å². The molecule has 0 aromatic carbocycles. The van der Waals surface area contributed by atoms with Crippen LogP contribution in [0.1, 0.15) is 30.6 Å². The van der Waals surface area contributed by atoms with Gasteiger partial charge in [-0.25, -0.2) is 0 Å². The van der Waals surface area contributed by atoms with Gasteiger partial charge >= 0.3 is 0 Å². The van der Waals surface area contributed by atoms with Gasteiger partial charge in [-0.3, -0.25) is 4.99 Å². The lowest BCUT2D eigenvalue weighted by Gasteiger charge is -2.22. The number of thiophene rings is 1. The molecule has 2 heterocycles. The standard InChI is InChI=1S/C16H25N3S/c1-17-16(18-9-8-15-7-4-10-20-15)19-11-13-5-2-3-6-14(13)12-19/h4,7,10,13-14H,2-3,5-6,8-9,11-12H2,1H3,(H,17,18). The molecule has 3 rings (SSSR count). The Labute approximate surface area is 126 Å². The van der Waals surface area contributed by atoms with E-state index in [4.69, 9.17) is 0 Å². The van der Waals surface area contributed by atoms with E-state index in [1.54, 1.807) is 0 Å². The molecule has 2 aliphatic rings. The molecular weight excluding hydrogens is 266 g/mol. The van der Waals surface area contributed by atoms with Gasteiger partial charge < -0.3 is 10.2 Å². The van der Waals surface area contributed by atoms with Gasteiger partial charge in [-0.1, -0.05) is 18.9 Å². The Balaban J connectivity index is 1.49.